The van der Waals surface area contributed by atoms with Crippen molar-refractivity contribution >= 4 is 55.8 Å². The summed E-state index contributed by atoms with van der Waals surface area (Å²) in [6.45, 7) is 1.63. The molecule has 3 aliphatic rings. The molecular weight excluding hydrogens is 484 g/mol. The Kier molecular flexibility index (Phi) is 5.68. The maximum Gasteiger partial charge on any atom is 0.404 e. The number of carbonyl (C=O) groups is 1. The molecule has 1 saturated carbocycles. The van der Waals surface area contributed by atoms with Crippen LogP contribution in [0.4, 0.5) is 16.6 Å². The van der Waals surface area contributed by atoms with E-state index in [1.54, 1.807) is 11.3 Å². The molecule has 0 saturated heterocycles. The van der Waals surface area contributed by atoms with Crippen molar-refractivity contribution in [2.75, 3.05) is 35.7 Å². The number of hydrogen-bond donors (Lipinski definition) is 2. The fraction of sp³-hybridized carbons (Fsp3) is 0.417. The molecule has 0 bridgehead atoms. The summed E-state index contributed by atoms with van der Waals surface area (Å²) >= 11 is 1.72. The van der Waals surface area contributed by atoms with E-state index in [4.69, 9.17) is 25.4 Å². The minimum atomic E-state index is -1.14. The fourth-order valence-electron chi connectivity index (χ4n) is 4.83. The summed E-state index contributed by atoms with van der Waals surface area (Å²) in [5.74, 6) is 1.78. The van der Waals surface area contributed by atoms with Gasteiger partial charge in [0.2, 0.25) is 5.95 Å². The van der Waals surface area contributed by atoms with Crippen molar-refractivity contribution in [3.05, 3.63) is 41.0 Å². The molecule has 3 N–H and O–H groups in total. The summed E-state index contributed by atoms with van der Waals surface area (Å²) < 4.78 is 19.1. The zero-order chi connectivity index (χ0) is 24.0. The highest BCUT2D eigenvalue weighted by atomic mass is 32.2. The molecule has 35 heavy (non-hydrogen) atoms. The third-order valence-corrected chi connectivity index (χ3v) is 9.49. The van der Waals surface area contributed by atoms with Gasteiger partial charge >= 0.3 is 6.09 Å². The Hall–Kier alpha value is -3.05. The number of ether oxygens (including phenoxy) is 1. The third kappa shape index (κ3) is 4.27. The SMILES string of the molecule is NC(=O)OCC1(Nc2nc(N3CC=C(c4nc5ccccc5s4)CC3)nc3c2[S@](=O)CC3)CCC1. The molecule has 1 atom stereocenters. The van der Waals surface area contributed by atoms with Gasteiger partial charge in [-0.2, -0.15) is 4.98 Å². The molecule has 9 nitrogen and oxygen atoms in total. The number of thiazole rings is 1. The van der Waals surface area contributed by atoms with Crippen LogP contribution >= 0.6 is 11.3 Å². The molecular formula is C24H26N6O3S2. The van der Waals surface area contributed by atoms with Gasteiger partial charge in [-0.25, -0.2) is 14.8 Å². The van der Waals surface area contributed by atoms with Crippen LogP contribution in [-0.2, 0) is 22.0 Å². The van der Waals surface area contributed by atoms with Gasteiger partial charge < -0.3 is 20.7 Å². The van der Waals surface area contributed by atoms with E-state index in [0.29, 0.717) is 35.4 Å². The van der Waals surface area contributed by atoms with Crippen LogP contribution in [0, 0.1) is 0 Å². The third-order valence-electron chi connectivity index (χ3n) is 6.92. The van der Waals surface area contributed by atoms with Crippen LogP contribution < -0.4 is 16.0 Å². The molecule has 4 heterocycles. The molecule has 1 fully saturated rings. The van der Waals surface area contributed by atoms with Gasteiger partial charge in [0.25, 0.3) is 0 Å². The maximum atomic E-state index is 12.8. The number of nitrogens with two attached hydrogens (primary N) is 1. The van der Waals surface area contributed by atoms with Crippen LogP contribution in [0.15, 0.2) is 35.2 Å². The molecule has 3 aromatic rings. The summed E-state index contributed by atoms with van der Waals surface area (Å²) in [6, 6.07) is 8.21. The first-order chi connectivity index (χ1) is 17.0. The molecule has 6 rings (SSSR count). The Morgan fingerprint density at radius 1 is 1.23 bits per heavy atom. The largest absolute Gasteiger partial charge is 0.447 e. The number of aryl methyl sites for hydroxylation is 1. The summed E-state index contributed by atoms with van der Waals surface area (Å²) in [5.41, 5.74) is 7.89. The highest BCUT2D eigenvalue weighted by Gasteiger charge is 2.40. The van der Waals surface area contributed by atoms with Gasteiger partial charge in [0.1, 0.15) is 22.3 Å². The summed E-state index contributed by atoms with van der Waals surface area (Å²) in [7, 11) is -1.14. The Morgan fingerprint density at radius 3 is 2.80 bits per heavy atom. The smallest absolute Gasteiger partial charge is 0.404 e. The van der Waals surface area contributed by atoms with Crippen molar-refractivity contribution in [1.82, 2.24) is 15.0 Å². The summed E-state index contributed by atoms with van der Waals surface area (Å²) in [6.07, 6.45) is 5.61. The second-order valence-electron chi connectivity index (χ2n) is 9.23. The molecule has 1 aliphatic carbocycles. The quantitative estimate of drug-likeness (QED) is 0.517. The van der Waals surface area contributed by atoms with Crippen molar-refractivity contribution in [3.63, 3.8) is 0 Å². The number of carbonyl (C=O) groups excluding carboxylic acids is 1. The minimum Gasteiger partial charge on any atom is -0.447 e. The second-order valence-corrected chi connectivity index (χ2v) is 11.8. The van der Waals surface area contributed by atoms with Gasteiger partial charge in [0.15, 0.2) is 0 Å². The molecule has 2 aromatic heterocycles. The predicted octanol–water partition coefficient (Wildman–Crippen LogP) is 3.47. The second kappa shape index (κ2) is 8.87. The van der Waals surface area contributed by atoms with Crippen LogP contribution in [0.2, 0.25) is 0 Å². The average molecular weight is 511 g/mol. The molecule has 0 spiro atoms. The van der Waals surface area contributed by atoms with Crippen LogP contribution in [-0.4, -0.2) is 56.2 Å². The Balaban J connectivity index is 1.26. The van der Waals surface area contributed by atoms with E-state index in [1.165, 1.54) is 10.3 Å². The summed E-state index contributed by atoms with van der Waals surface area (Å²) in [5, 5.41) is 4.55. The Labute approximate surface area is 209 Å². The van der Waals surface area contributed by atoms with Gasteiger partial charge in [-0.1, -0.05) is 18.2 Å². The topological polar surface area (TPSA) is 123 Å². The van der Waals surface area contributed by atoms with Crippen LogP contribution in [0.1, 0.15) is 36.4 Å². The van der Waals surface area contributed by atoms with Crippen molar-refractivity contribution in [3.8, 4) is 0 Å². The maximum absolute atomic E-state index is 12.8. The number of para-hydroxylation sites is 1. The highest BCUT2D eigenvalue weighted by Crippen LogP contribution is 2.39. The molecule has 182 valence electrons. The van der Waals surface area contributed by atoms with Gasteiger partial charge in [0, 0.05) is 25.3 Å². The lowest BCUT2D eigenvalue weighted by atomic mass is 9.77. The first-order valence-corrected chi connectivity index (χ1v) is 13.9. The number of aromatic nitrogens is 3. The molecule has 0 unspecified atom stereocenters. The molecule has 1 amide bonds. The van der Waals surface area contributed by atoms with Crippen molar-refractivity contribution in [2.24, 2.45) is 5.73 Å². The standard InChI is InChI=1S/C24H26N6O3S2/c25-22(31)33-14-24(9-3-10-24)29-20-19-17(8-13-35(19)32)27-23(28-20)30-11-6-15(7-12-30)21-26-16-4-1-2-5-18(16)34-21/h1-2,4-6H,3,7-14H2,(H2,25,31)(H,27,28,29)/t35-/m1/s1. The number of nitrogens with one attached hydrogen (secondary N) is 1. The first-order valence-electron chi connectivity index (χ1n) is 11.8. The van der Waals surface area contributed by atoms with Crippen molar-refractivity contribution in [1.29, 1.82) is 0 Å². The number of amides is 1. The van der Waals surface area contributed by atoms with Crippen molar-refractivity contribution in [2.45, 2.75) is 42.5 Å². The average Bonchev–Trinajstić information content (AvgIpc) is 3.44. The minimum absolute atomic E-state index is 0.168. The number of nitrogens with zero attached hydrogens (tertiary/aromatic N) is 4. The van der Waals surface area contributed by atoms with Gasteiger partial charge in [-0.05, 0) is 43.4 Å². The number of benzene rings is 1. The van der Waals surface area contributed by atoms with Crippen molar-refractivity contribution < 1.29 is 13.7 Å². The normalized spacial score (nSPS) is 20.7. The fourth-order valence-corrected chi connectivity index (χ4v) is 7.17. The van der Waals surface area contributed by atoms with E-state index < -0.39 is 22.4 Å². The highest BCUT2D eigenvalue weighted by molar-refractivity contribution is 7.85. The Morgan fingerprint density at radius 2 is 2.09 bits per heavy atom. The van der Waals surface area contributed by atoms with E-state index in [2.05, 4.69) is 22.4 Å². The van der Waals surface area contributed by atoms with Gasteiger partial charge in [0.05, 0.1) is 32.2 Å². The van der Waals surface area contributed by atoms with Crippen LogP contribution in [0.3, 0.4) is 0 Å². The molecule has 1 aromatic carbocycles. The lowest BCUT2D eigenvalue weighted by Crippen LogP contribution is -2.50. The lowest BCUT2D eigenvalue weighted by Gasteiger charge is -2.42. The van der Waals surface area contributed by atoms with E-state index >= 15 is 0 Å². The number of hydrogen-bond acceptors (Lipinski definition) is 9. The monoisotopic (exact) mass is 510 g/mol. The van der Waals surface area contributed by atoms with Crippen LogP contribution in [0.5, 0.6) is 0 Å². The van der Waals surface area contributed by atoms with E-state index in [-0.39, 0.29) is 6.61 Å². The van der Waals surface area contributed by atoms with E-state index in [0.717, 1.165) is 48.4 Å². The van der Waals surface area contributed by atoms with E-state index in [9.17, 15) is 9.00 Å². The number of primary amides is 1. The summed E-state index contributed by atoms with van der Waals surface area (Å²) in [4.78, 5) is 28.5. The molecule has 11 heteroatoms. The first kappa shape index (κ1) is 22.4. The molecule has 0 radical (unpaired) electrons. The Bertz CT molecular complexity index is 1330. The van der Waals surface area contributed by atoms with Crippen LogP contribution in [0.25, 0.3) is 15.8 Å². The molecule has 2 aliphatic heterocycles. The lowest BCUT2D eigenvalue weighted by molar-refractivity contribution is 0.101. The zero-order valence-electron chi connectivity index (χ0n) is 19.2. The number of rotatable bonds is 6. The number of anilines is 2. The van der Waals surface area contributed by atoms with E-state index in [1.807, 2.05) is 18.2 Å². The van der Waals surface area contributed by atoms with Gasteiger partial charge in [-0.15, -0.1) is 11.3 Å². The van der Waals surface area contributed by atoms with Gasteiger partial charge in [-0.3, -0.25) is 4.21 Å². The zero-order valence-corrected chi connectivity index (χ0v) is 20.8. The predicted molar refractivity (Wildman–Crippen MR) is 137 cm³/mol. The number of fused-ring (bicyclic) bond motifs is 2.